The van der Waals surface area contributed by atoms with Gasteiger partial charge in [-0.3, -0.25) is 4.98 Å². The van der Waals surface area contributed by atoms with Gasteiger partial charge in [-0.2, -0.15) is 0 Å². The zero-order valence-electron chi connectivity index (χ0n) is 18.6. The Morgan fingerprint density at radius 1 is 0.486 bits per heavy atom. The summed E-state index contributed by atoms with van der Waals surface area (Å²) in [4.78, 5) is 20.2. The molecule has 0 spiro atoms. The number of nitrogens with zero attached hydrogens (tertiary/aromatic N) is 3. The minimum absolute atomic E-state index is 0. The third kappa shape index (κ3) is 5.34. The van der Waals surface area contributed by atoms with Crippen LogP contribution in [0.1, 0.15) is 22.8 Å². The predicted molar refractivity (Wildman–Crippen MR) is 141 cm³/mol. The van der Waals surface area contributed by atoms with E-state index in [0.717, 1.165) is 50.4 Å². The number of rotatable bonds is 0. The van der Waals surface area contributed by atoms with Crippen molar-refractivity contribution in [3.05, 3.63) is 114 Å². The van der Waals surface area contributed by atoms with Crippen molar-refractivity contribution in [1.29, 1.82) is 0 Å². The molecular formula is C29H21N5Rh. The SMILES string of the molecule is C1=Cc2cc3ccc(cc4nc(cc5ccc(cc1n2)[nH]5)C=C4)[nH]3.[Rh].c1ccc2ncccc2c1. The maximum Gasteiger partial charge on any atom is 0.0701 e. The van der Waals surface area contributed by atoms with Crippen molar-refractivity contribution in [3.8, 4) is 0 Å². The summed E-state index contributed by atoms with van der Waals surface area (Å²) in [5.74, 6) is 0. The van der Waals surface area contributed by atoms with E-state index in [2.05, 4.69) is 61.3 Å². The zero-order chi connectivity index (χ0) is 22.7. The molecule has 0 fully saturated rings. The summed E-state index contributed by atoms with van der Waals surface area (Å²) >= 11 is 0. The molecule has 0 saturated heterocycles. The van der Waals surface area contributed by atoms with E-state index in [1.54, 1.807) is 0 Å². The molecule has 5 aromatic rings. The van der Waals surface area contributed by atoms with Crippen LogP contribution in [0.3, 0.4) is 0 Å². The summed E-state index contributed by atoms with van der Waals surface area (Å²) in [6.45, 7) is 0. The maximum absolute atomic E-state index is 4.63. The summed E-state index contributed by atoms with van der Waals surface area (Å²) in [5, 5.41) is 1.20. The summed E-state index contributed by atoms with van der Waals surface area (Å²) < 4.78 is 0. The molecule has 2 aliphatic heterocycles. The van der Waals surface area contributed by atoms with Crippen LogP contribution < -0.4 is 0 Å². The van der Waals surface area contributed by atoms with Crippen LogP contribution in [0.15, 0.2) is 91.1 Å². The van der Waals surface area contributed by atoms with Gasteiger partial charge in [0.1, 0.15) is 0 Å². The van der Waals surface area contributed by atoms with Gasteiger partial charge in [0.25, 0.3) is 0 Å². The van der Waals surface area contributed by atoms with E-state index in [0.29, 0.717) is 0 Å². The minimum atomic E-state index is 0. The Labute approximate surface area is 215 Å². The van der Waals surface area contributed by atoms with Crippen LogP contribution in [0.4, 0.5) is 0 Å². The first-order chi connectivity index (χ1) is 16.8. The fourth-order valence-electron chi connectivity index (χ4n) is 3.96. The van der Waals surface area contributed by atoms with E-state index in [-0.39, 0.29) is 19.5 Å². The van der Waals surface area contributed by atoms with E-state index in [9.17, 15) is 0 Å². The summed E-state index contributed by atoms with van der Waals surface area (Å²) in [6.07, 6.45) is 9.90. The molecule has 0 saturated carbocycles. The number of aromatic nitrogens is 5. The summed E-state index contributed by atoms with van der Waals surface area (Å²) in [5.41, 5.74) is 8.92. The van der Waals surface area contributed by atoms with Crippen LogP contribution in [0.5, 0.6) is 0 Å². The number of nitrogens with one attached hydrogen (secondary N) is 2. The maximum atomic E-state index is 4.63. The molecule has 2 N–H and O–H groups in total. The van der Waals surface area contributed by atoms with Crippen LogP contribution >= 0.6 is 0 Å². The van der Waals surface area contributed by atoms with Crippen molar-refractivity contribution in [1.82, 2.24) is 24.9 Å². The largest absolute Gasteiger partial charge is 0.355 e. The second-order valence-corrected chi connectivity index (χ2v) is 8.10. The number of hydrogen-bond acceptors (Lipinski definition) is 3. The van der Waals surface area contributed by atoms with Crippen LogP contribution in [-0.2, 0) is 19.5 Å². The first-order valence-electron chi connectivity index (χ1n) is 11.1. The quantitative estimate of drug-likeness (QED) is 0.205. The van der Waals surface area contributed by atoms with Crippen molar-refractivity contribution in [2.75, 3.05) is 0 Å². The average Bonchev–Trinajstić information content (AvgIpc) is 3.66. The number of hydrogen-bond donors (Lipinski definition) is 2. The van der Waals surface area contributed by atoms with Gasteiger partial charge in [-0.25, -0.2) is 9.97 Å². The standard InChI is InChI=1S/C20H14N4.C9H7N.Rh/c1-2-14-10-16-5-6-18(23-16)12-20-8-7-19(24-20)11-17-4-3-15(22-17)9-13(1)21-14;1-2-6-9-8(4-1)5-3-7-10-9;/h1-12,21,24H;1-7H;. The Hall–Kier alpha value is -4.15. The summed E-state index contributed by atoms with van der Waals surface area (Å²) in [6, 6.07) is 28.4. The normalized spacial score (nSPS) is 11.5. The van der Waals surface area contributed by atoms with Crippen molar-refractivity contribution < 1.29 is 19.5 Å². The van der Waals surface area contributed by atoms with Gasteiger partial charge in [-0.15, -0.1) is 0 Å². The van der Waals surface area contributed by atoms with E-state index in [4.69, 9.17) is 0 Å². The first-order valence-corrected chi connectivity index (χ1v) is 11.1. The van der Waals surface area contributed by atoms with Crippen molar-refractivity contribution >= 4 is 57.3 Å². The van der Waals surface area contributed by atoms with E-state index < -0.39 is 0 Å². The average molecular weight is 542 g/mol. The molecule has 1 radical (unpaired) electrons. The van der Waals surface area contributed by atoms with Gasteiger partial charge in [0.2, 0.25) is 0 Å². The molecule has 8 bridgehead atoms. The summed E-state index contributed by atoms with van der Waals surface area (Å²) in [7, 11) is 0. The molecular weight excluding hydrogens is 521 g/mol. The Bertz CT molecular complexity index is 1490. The third-order valence-electron chi connectivity index (χ3n) is 5.55. The van der Waals surface area contributed by atoms with Gasteiger partial charge in [0, 0.05) is 53.1 Å². The van der Waals surface area contributed by atoms with Crippen molar-refractivity contribution in [2.24, 2.45) is 0 Å². The predicted octanol–water partition coefficient (Wildman–Crippen LogP) is 6.89. The van der Waals surface area contributed by atoms with Crippen LogP contribution in [0, 0.1) is 0 Å². The molecule has 171 valence electrons. The molecule has 0 amide bonds. The van der Waals surface area contributed by atoms with Crippen molar-refractivity contribution in [2.45, 2.75) is 0 Å². The van der Waals surface area contributed by atoms with Crippen LogP contribution in [0.25, 0.3) is 57.3 Å². The molecule has 5 nitrogen and oxygen atoms in total. The fraction of sp³-hybridized carbons (Fsp3) is 0. The van der Waals surface area contributed by atoms with Crippen LogP contribution in [-0.4, -0.2) is 24.9 Å². The van der Waals surface area contributed by atoms with Crippen molar-refractivity contribution in [3.63, 3.8) is 0 Å². The van der Waals surface area contributed by atoms with Gasteiger partial charge in [0.05, 0.1) is 28.3 Å². The molecule has 0 unspecified atom stereocenters. The second-order valence-electron chi connectivity index (χ2n) is 8.10. The number of pyridine rings is 1. The van der Waals surface area contributed by atoms with Gasteiger partial charge in [-0.05, 0) is 85.0 Å². The number of H-pyrrole nitrogens is 2. The Morgan fingerprint density at radius 2 is 0.914 bits per heavy atom. The second kappa shape index (κ2) is 10.00. The fourth-order valence-corrected chi connectivity index (χ4v) is 3.96. The number of fused-ring (bicyclic) bond motifs is 9. The minimum Gasteiger partial charge on any atom is -0.355 e. The molecule has 4 aromatic heterocycles. The van der Waals surface area contributed by atoms with Gasteiger partial charge in [0.15, 0.2) is 0 Å². The molecule has 6 heteroatoms. The monoisotopic (exact) mass is 542 g/mol. The molecule has 1 aromatic carbocycles. The number of aromatic amines is 2. The molecule has 0 atom stereocenters. The first kappa shape index (κ1) is 22.6. The molecule has 7 rings (SSSR count). The molecule has 35 heavy (non-hydrogen) atoms. The Balaban J connectivity index is 0.000000194. The topological polar surface area (TPSA) is 70.2 Å². The van der Waals surface area contributed by atoms with Crippen LogP contribution in [0.2, 0.25) is 0 Å². The Morgan fingerprint density at radius 3 is 1.37 bits per heavy atom. The van der Waals surface area contributed by atoms with E-state index >= 15 is 0 Å². The number of para-hydroxylation sites is 1. The van der Waals surface area contributed by atoms with Gasteiger partial charge in [-0.1, -0.05) is 24.3 Å². The molecule has 6 heterocycles. The smallest absolute Gasteiger partial charge is 0.0701 e. The third-order valence-corrected chi connectivity index (χ3v) is 5.55. The number of benzene rings is 1. The Kier molecular flexibility index (Phi) is 6.47. The van der Waals surface area contributed by atoms with E-state index in [1.165, 1.54) is 5.39 Å². The molecule has 2 aliphatic rings. The van der Waals surface area contributed by atoms with Gasteiger partial charge < -0.3 is 9.97 Å². The van der Waals surface area contributed by atoms with Gasteiger partial charge >= 0.3 is 0 Å². The zero-order valence-corrected chi connectivity index (χ0v) is 20.3. The van der Waals surface area contributed by atoms with E-state index in [1.807, 2.05) is 79.0 Å². The molecule has 0 aliphatic carbocycles.